The largest absolute Gasteiger partial charge is 0.507 e. The third kappa shape index (κ3) is 4.63. The Balaban J connectivity index is 1.34. The molecule has 222 valence electrons. The van der Waals surface area contributed by atoms with Crippen molar-refractivity contribution >= 4 is 29.1 Å². The molecule has 0 unspecified atom stereocenters. The molecular formula is C33H33N3O6S. The van der Waals surface area contributed by atoms with E-state index in [1.165, 1.54) is 72.1 Å². The number of thiazole rings is 1. The van der Waals surface area contributed by atoms with E-state index < -0.39 is 16.9 Å². The smallest absolute Gasteiger partial charge is 0.338 e. The van der Waals surface area contributed by atoms with Gasteiger partial charge >= 0.3 is 5.97 Å². The van der Waals surface area contributed by atoms with Gasteiger partial charge in [-0.25, -0.2) is 9.79 Å². The zero-order valence-corrected chi connectivity index (χ0v) is 24.9. The first-order valence-electron chi connectivity index (χ1n) is 14.9. The van der Waals surface area contributed by atoms with E-state index in [2.05, 4.69) is 17.1 Å². The number of rotatable bonds is 6. The van der Waals surface area contributed by atoms with Crippen LogP contribution in [-0.4, -0.2) is 27.2 Å². The maximum atomic E-state index is 14.0. The summed E-state index contributed by atoms with van der Waals surface area (Å²) in [6.07, 6.45) is 9.32. The van der Waals surface area contributed by atoms with Gasteiger partial charge in [0.15, 0.2) is 4.80 Å². The summed E-state index contributed by atoms with van der Waals surface area (Å²) in [6, 6.07) is 10.8. The number of carbonyl (C=O) groups is 1. The van der Waals surface area contributed by atoms with Crippen molar-refractivity contribution in [1.29, 1.82) is 0 Å². The molecule has 2 aromatic carbocycles. The van der Waals surface area contributed by atoms with Gasteiger partial charge in [-0.15, -0.1) is 0 Å². The van der Waals surface area contributed by atoms with Gasteiger partial charge in [0.25, 0.3) is 11.2 Å². The van der Waals surface area contributed by atoms with Gasteiger partial charge in [-0.2, -0.15) is 0 Å². The number of esters is 1. The minimum atomic E-state index is -0.870. The number of aromatic hydroxyl groups is 1. The van der Waals surface area contributed by atoms with E-state index in [1.54, 1.807) is 38.1 Å². The second kappa shape index (κ2) is 10.3. The molecule has 1 atom stereocenters. The van der Waals surface area contributed by atoms with Crippen LogP contribution in [0, 0.1) is 27.9 Å². The maximum Gasteiger partial charge on any atom is 0.338 e. The first-order chi connectivity index (χ1) is 20.7. The highest BCUT2D eigenvalue weighted by Crippen LogP contribution is 2.60. The first kappa shape index (κ1) is 27.8. The molecule has 1 aliphatic heterocycles. The van der Waals surface area contributed by atoms with Crippen molar-refractivity contribution in [3.8, 4) is 5.75 Å². The number of aromatic nitrogens is 1. The van der Waals surface area contributed by atoms with Crippen molar-refractivity contribution in [2.45, 2.75) is 63.8 Å². The van der Waals surface area contributed by atoms with Crippen LogP contribution in [0.3, 0.4) is 0 Å². The van der Waals surface area contributed by atoms with Crippen LogP contribution in [0.5, 0.6) is 5.75 Å². The van der Waals surface area contributed by atoms with Crippen LogP contribution in [0.25, 0.3) is 6.08 Å². The summed E-state index contributed by atoms with van der Waals surface area (Å²) in [4.78, 5) is 43.0. The number of nitro groups is 1. The molecule has 0 saturated heterocycles. The number of benzene rings is 2. The molecule has 5 aliphatic rings. The summed E-state index contributed by atoms with van der Waals surface area (Å²) in [5.74, 6) is 1.85. The summed E-state index contributed by atoms with van der Waals surface area (Å²) < 4.78 is 7.17. The molecule has 1 aromatic heterocycles. The summed E-state index contributed by atoms with van der Waals surface area (Å²) in [5.41, 5.74) is 2.68. The predicted molar refractivity (Wildman–Crippen MR) is 161 cm³/mol. The molecule has 1 N–H and O–H groups in total. The summed E-state index contributed by atoms with van der Waals surface area (Å²) in [6.45, 7) is 3.54. The molecule has 9 nitrogen and oxygen atoms in total. The monoisotopic (exact) mass is 599 g/mol. The fourth-order valence-corrected chi connectivity index (χ4v) is 9.53. The molecule has 4 aliphatic carbocycles. The molecule has 8 rings (SSSR count). The molecule has 0 spiro atoms. The summed E-state index contributed by atoms with van der Waals surface area (Å²) in [7, 11) is 0. The highest BCUT2D eigenvalue weighted by Gasteiger charge is 2.51. The molecule has 4 bridgehead atoms. The molecule has 0 radical (unpaired) electrons. The van der Waals surface area contributed by atoms with Crippen LogP contribution in [0.4, 0.5) is 5.69 Å². The number of fused-ring (bicyclic) bond motifs is 1. The molecule has 3 aromatic rings. The van der Waals surface area contributed by atoms with Gasteiger partial charge in [-0.05, 0) is 117 Å². The van der Waals surface area contributed by atoms with E-state index in [1.807, 2.05) is 0 Å². The van der Waals surface area contributed by atoms with Crippen molar-refractivity contribution in [2.24, 2.45) is 22.7 Å². The highest BCUT2D eigenvalue weighted by atomic mass is 32.1. The zero-order valence-electron chi connectivity index (χ0n) is 24.1. The molecule has 4 saturated carbocycles. The third-order valence-corrected chi connectivity index (χ3v) is 10.9. The quantitative estimate of drug-likeness (QED) is 0.245. The average Bonchev–Trinajstić information content (AvgIpc) is 3.26. The maximum absolute atomic E-state index is 14.0. The van der Waals surface area contributed by atoms with Gasteiger partial charge in [0.1, 0.15) is 5.75 Å². The van der Waals surface area contributed by atoms with Gasteiger partial charge < -0.3 is 9.84 Å². The van der Waals surface area contributed by atoms with Crippen LogP contribution in [-0.2, 0) is 14.9 Å². The number of ether oxygens (including phenoxy) is 1. The van der Waals surface area contributed by atoms with Crippen LogP contribution < -0.4 is 14.9 Å². The zero-order chi connectivity index (χ0) is 30.0. The van der Waals surface area contributed by atoms with Gasteiger partial charge in [0.05, 0.1) is 33.4 Å². The van der Waals surface area contributed by atoms with Crippen LogP contribution in [0.1, 0.15) is 75.1 Å². The van der Waals surface area contributed by atoms with E-state index >= 15 is 0 Å². The van der Waals surface area contributed by atoms with Crippen LogP contribution in [0.15, 0.2) is 63.5 Å². The number of hydrogen-bond donors (Lipinski definition) is 1. The Bertz CT molecular complexity index is 1830. The Labute approximate surface area is 252 Å². The Kier molecular flexibility index (Phi) is 6.65. The van der Waals surface area contributed by atoms with Gasteiger partial charge in [0, 0.05) is 17.7 Å². The van der Waals surface area contributed by atoms with Crippen LogP contribution >= 0.6 is 11.3 Å². The van der Waals surface area contributed by atoms with E-state index in [0.29, 0.717) is 26.2 Å². The minimum Gasteiger partial charge on any atom is -0.507 e. The molecule has 10 heteroatoms. The number of non-ortho nitro benzene ring substituents is 1. The Morgan fingerprint density at radius 2 is 1.79 bits per heavy atom. The van der Waals surface area contributed by atoms with Gasteiger partial charge in [-0.1, -0.05) is 17.4 Å². The number of carbonyl (C=O) groups excluding carboxylic acids is 1. The Morgan fingerprint density at radius 3 is 2.40 bits per heavy atom. The molecule has 0 amide bonds. The van der Waals surface area contributed by atoms with Crippen molar-refractivity contribution < 1.29 is 19.6 Å². The lowest BCUT2D eigenvalue weighted by atomic mass is 9.48. The summed E-state index contributed by atoms with van der Waals surface area (Å²) in [5, 5.41) is 22.2. The molecule has 43 heavy (non-hydrogen) atoms. The Morgan fingerprint density at radius 1 is 1.14 bits per heavy atom. The van der Waals surface area contributed by atoms with Crippen LogP contribution in [0.2, 0.25) is 0 Å². The number of allylic oxidation sites excluding steroid dienone is 1. The Hall–Kier alpha value is -4.05. The van der Waals surface area contributed by atoms with Crippen molar-refractivity contribution in [3.05, 3.63) is 100 Å². The lowest BCUT2D eigenvalue weighted by Gasteiger charge is -2.57. The van der Waals surface area contributed by atoms with Crippen molar-refractivity contribution in [2.75, 3.05) is 6.61 Å². The second-order valence-corrected chi connectivity index (χ2v) is 13.6. The summed E-state index contributed by atoms with van der Waals surface area (Å²) >= 11 is 1.19. The molecular weight excluding hydrogens is 566 g/mol. The average molecular weight is 600 g/mol. The lowest BCUT2D eigenvalue weighted by Crippen LogP contribution is -2.48. The number of phenolic OH excluding ortho intramolecular Hbond substituents is 1. The number of phenols is 1. The number of hydrogen-bond acceptors (Lipinski definition) is 8. The van der Waals surface area contributed by atoms with Gasteiger partial charge in [0.2, 0.25) is 0 Å². The first-order valence-corrected chi connectivity index (χ1v) is 15.7. The van der Waals surface area contributed by atoms with E-state index in [9.17, 15) is 24.8 Å². The minimum absolute atomic E-state index is 0.0936. The van der Waals surface area contributed by atoms with E-state index in [4.69, 9.17) is 4.74 Å². The fraction of sp³-hybridized carbons (Fsp3) is 0.424. The third-order valence-electron chi connectivity index (χ3n) is 9.90. The highest BCUT2D eigenvalue weighted by molar-refractivity contribution is 7.07. The molecule has 2 heterocycles. The standard InChI is InChI=1S/C33H33N3O6S/c1-3-42-31(39)28-18(2)34-32-35(29(28)22-4-7-25(8-5-22)36(40)41)30(38)27(43-32)14-23-13-24(6-9-26(23)37)33-15-19-10-20(16-33)12-21(11-19)17-33/h4-9,13-14,19-21,29,37H,3,10-12,15-17H2,1-2H3/b27-14+/t19?,20?,21?,29-,33?/m0/s1. The number of nitro benzene ring substituents is 1. The predicted octanol–water partition coefficient (Wildman–Crippen LogP) is 4.88. The normalized spacial score (nSPS) is 27.6. The van der Waals surface area contributed by atoms with E-state index in [-0.39, 0.29) is 34.6 Å². The van der Waals surface area contributed by atoms with Gasteiger partial charge in [-0.3, -0.25) is 19.5 Å². The van der Waals surface area contributed by atoms with Crippen molar-refractivity contribution in [1.82, 2.24) is 4.57 Å². The van der Waals surface area contributed by atoms with E-state index in [0.717, 1.165) is 17.8 Å². The second-order valence-electron chi connectivity index (χ2n) is 12.6. The number of nitrogens with zero attached hydrogens (tertiary/aromatic N) is 3. The van der Waals surface area contributed by atoms with Crippen molar-refractivity contribution in [3.63, 3.8) is 0 Å². The lowest BCUT2D eigenvalue weighted by molar-refractivity contribution is -0.384. The fourth-order valence-electron chi connectivity index (χ4n) is 8.49. The SMILES string of the molecule is CCOC(=O)C1=C(C)N=c2s/c(=C/c3cc(C45CC6CC(CC(C6)C4)C5)ccc3O)c(=O)n2[C@H]1c1ccc([N+](=O)[O-])cc1. The molecule has 4 fully saturated rings. The topological polar surface area (TPSA) is 124 Å².